The fourth-order valence-electron chi connectivity index (χ4n) is 4.52. The van der Waals surface area contributed by atoms with E-state index in [0.29, 0.717) is 25.1 Å². The maximum atomic E-state index is 13.7. The minimum Gasteiger partial charge on any atom is -0.389 e. The minimum atomic E-state index is -1.04. The van der Waals surface area contributed by atoms with E-state index in [2.05, 4.69) is 16.0 Å². The molecule has 182 valence electrons. The summed E-state index contributed by atoms with van der Waals surface area (Å²) >= 11 is 0. The Morgan fingerprint density at radius 1 is 1.12 bits per heavy atom. The Morgan fingerprint density at radius 2 is 1.85 bits per heavy atom. The van der Waals surface area contributed by atoms with Crippen molar-refractivity contribution in [3.63, 3.8) is 0 Å². The van der Waals surface area contributed by atoms with Crippen LogP contribution < -0.4 is 16.0 Å². The van der Waals surface area contributed by atoms with Crippen molar-refractivity contribution in [1.82, 2.24) is 16.0 Å². The van der Waals surface area contributed by atoms with Gasteiger partial charge in [0.15, 0.2) is 0 Å². The highest BCUT2D eigenvalue weighted by Crippen LogP contribution is 2.21. The Bertz CT molecular complexity index is 987. The first-order chi connectivity index (χ1) is 16.4. The maximum absolute atomic E-state index is 13.7. The van der Waals surface area contributed by atoms with Gasteiger partial charge in [0.05, 0.1) is 30.8 Å². The van der Waals surface area contributed by atoms with Crippen LogP contribution in [-0.4, -0.2) is 54.3 Å². The number of hydrogen-bond acceptors (Lipinski definition) is 5. The highest BCUT2D eigenvalue weighted by molar-refractivity contribution is 5.89. The SMILES string of the molecule is O=C1CC(C(=O)N[C@@H](Cc2cc(F)cc(F)c2)[C@H](O)[C@H]2C[C@@H](OCc3ccccc3)CN2)CN1. The number of aliphatic hydroxyl groups excluding tert-OH is 1. The molecule has 2 aromatic carbocycles. The van der Waals surface area contributed by atoms with Gasteiger partial charge in [-0.3, -0.25) is 9.59 Å². The van der Waals surface area contributed by atoms with Crippen molar-refractivity contribution in [3.8, 4) is 0 Å². The summed E-state index contributed by atoms with van der Waals surface area (Å²) in [7, 11) is 0. The van der Waals surface area contributed by atoms with E-state index in [4.69, 9.17) is 4.74 Å². The number of nitrogens with one attached hydrogen (secondary N) is 3. The molecule has 2 fully saturated rings. The highest BCUT2D eigenvalue weighted by atomic mass is 19.1. The van der Waals surface area contributed by atoms with Crippen LogP contribution in [0.15, 0.2) is 48.5 Å². The zero-order valence-corrected chi connectivity index (χ0v) is 18.7. The van der Waals surface area contributed by atoms with E-state index in [9.17, 15) is 23.5 Å². The molecule has 2 heterocycles. The average Bonchev–Trinajstić information content (AvgIpc) is 3.46. The third-order valence-electron chi connectivity index (χ3n) is 6.33. The third-order valence-corrected chi connectivity index (χ3v) is 6.33. The Balaban J connectivity index is 1.41. The summed E-state index contributed by atoms with van der Waals surface area (Å²) in [6.45, 7) is 1.20. The fraction of sp³-hybridized carbons (Fsp3) is 0.440. The molecule has 2 saturated heterocycles. The molecule has 5 atom stereocenters. The summed E-state index contributed by atoms with van der Waals surface area (Å²) in [5.41, 5.74) is 1.36. The lowest BCUT2D eigenvalue weighted by atomic mass is 9.94. The normalized spacial score (nSPS) is 24.0. The predicted molar refractivity (Wildman–Crippen MR) is 121 cm³/mol. The molecule has 34 heavy (non-hydrogen) atoms. The second-order valence-electron chi connectivity index (χ2n) is 8.96. The molecule has 2 aliphatic heterocycles. The molecule has 9 heteroatoms. The van der Waals surface area contributed by atoms with E-state index in [-0.39, 0.29) is 43.3 Å². The van der Waals surface area contributed by atoms with Crippen molar-refractivity contribution in [3.05, 3.63) is 71.3 Å². The molecule has 0 radical (unpaired) electrons. The van der Waals surface area contributed by atoms with Crippen LogP contribution in [-0.2, 0) is 27.4 Å². The molecule has 0 spiro atoms. The molecule has 0 bridgehead atoms. The molecule has 2 amide bonds. The fourth-order valence-corrected chi connectivity index (χ4v) is 4.52. The van der Waals surface area contributed by atoms with Gasteiger partial charge in [0, 0.05) is 31.6 Å². The van der Waals surface area contributed by atoms with Crippen LogP contribution in [0, 0.1) is 17.6 Å². The zero-order valence-electron chi connectivity index (χ0n) is 18.7. The van der Waals surface area contributed by atoms with Crippen molar-refractivity contribution < 1.29 is 28.2 Å². The van der Waals surface area contributed by atoms with Crippen molar-refractivity contribution in [2.45, 2.75) is 50.2 Å². The summed E-state index contributed by atoms with van der Waals surface area (Å²) in [6.07, 6.45) is -0.546. The summed E-state index contributed by atoms with van der Waals surface area (Å²) < 4.78 is 33.5. The third kappa shape index (κ3) is 6.37. The largest absolute Gasteiger partial charge is 0.389 e. The second-order valence-corrected chi connectivity index (χ2v) is 8.96. The smallest absolute Gasteiger partial charge is 0.225 e. The van der Waals surface area contributed by atoms with Gasteiger partial charge in [-0.2, -0.15) is 0 Å². The first kappa shape index (κ1) is 24.3. The van der Waals surface area contributed by atoms with E-state index in [0.717, 1.165) is 11.6 Å². The maximum Gasteiger partial charge on any atom is 0.225 e. The average molecular weight is 474 g/mol. The summed E-state index contributed by atoms with van der Waals surface area (Å²) in [6, 6.07) is 11.7. The number of amides is 2. The van der Waals surface area contributed by atoms with Crippen molar-refractivity contribution in [2.75, 3.05) is 13.1 Å². The number of benzene rings is 2. The van der Waals surface area contributed by atoms with Crippen LogP contribution in [0.1, 0.15) is 24.0 Å². The quantitative estimate of drug-likeness (QED) is 0.442. The topological polar surface area (TPSA) is 99.7 Å². The highest BCUT2D eigenvalue weighted by Gasteiger charge is 2.37. The Kier molecular flexibility index (Phi) is 7.87. The number of carbonyl (C=O) groups excluding carboxylic acids is 2. The number of ether oxygens (including phenoxy) is 1. The Hall–Kier alpha value is -2.88. The molecule has 2 aromatic rings. The van der Waals surface area contributed by atoms with Gasteiger partial charge in [-0.05, 0) is 36.1 Å². The van der Waals surface area contributed by atoms with E-state index >= 15 is 0 Å². The number of hydrogen-bond donors (Lipinski definition) is 4. The molecular weight excluding hydrogens is 444 g/mol. The van der Waals surface area contributed by atoms with Gasteiger partial charge < -0.3 is 25.8 Å². The van der Waals surface area contributed by atoms with Crippen molar-refractivity contribution in [1.29, 1.82) is 0 Å². The van der Waals surface area contributed by atoms with Gasteiger partial charge in [0.2, 0.25) is 11.8 Å². The first-order valence-corrected chi connectivity index (χ1v) is 11.5. The molecule has 0 saturated carbocycles. The number of halogens is 2. The standard InChI is InChI=1S/C25H29F2N3O4/c26-18-6-16(7-19(27)10-18)8-22(30-25(33)17-9-23(31)29-12-17)24(32)21-11-20(13-28-21)34-14-15-4-2-1-3-5-15/h1-7,10,17,20-22,24,28,32H,8-9,11-14H2,(H,29,31)(H,30,33)/t17?,20-,21-,22+,24-/m1/s1. The van der Waals surface area contributed by atoms with Crippen molar-refractivity contribution >= 4 is 11.8 Å². The number of carbonyl (C=O) groups is 2. The van der Waals surface area contributed by atoms with Gasteiger partial charge >= 0.3 is 0 Å². The predicted octanol–water partition coefficient (Wildman–Crippen LogP) is 1.44. The molecule has 7 nitrogen and oxygen atoms in total. The van der Waals surface area contributed by atoms with Crippen LogP contribution >= 0.6 is 0 Å². The van der Waals surface area contributed by atoms with Crippen LogP contribution in [0.4, 0.5) is 8.78 Å². The summed E-state index contributed by atoms with van der Waals surface area (Å²) in [5.74, 6) is -2.60. The van der Waals surface area contributed by atoms with E-state index < -0.39 is 29.7 Å². The molecule has 0 aliphatic carbocycles. The molecule has 4 N–H and O–H groups in total. The first-order valence-electron chi connectivity index (χ1n) is 11.5. The Morgan fingerprint density at radius 3 is 2.53 bits per heavy atom. The van der Waals surface area contributed by atoms with Crippen LogP contribution in [0.5, 0.6) is 0 Å². The van der Waals surface area contributed by atoms with E-state index in [1.807, 2.05) is 30.3 Å². The Labute approximate surface area is 196 Å². The molecule has 4 rings (SSSR count). The zero-order chi connectivity index (χ0) is 24.1. The summed E-state index contributed by atoms with van der Waals surface area (Å²) in [4.78, 5) is 24.3. The van der Waals surface area contributed by atoms with Crippen molar-refractivity contribution in [2.24, 2.45) is 5.92 Å². The lowest BCUT2D eigenvalue weighted by Crippen LogP contribution is -2.53. The summed E-state index contributed by atoms with van der Waals surface area (Å²) in [5, 5.41) is 19.8. The second kappa shape index (κ2) is 11.0. The van der Waals surface area contributed by atoms with Crippen LogP contribution in [0.2, 0.25) is 0 Å². The monoisotopic (exact) mass is 473 g/mol. The van der Waals surface area contributed by atoms with Gasteiger partial charge in [-0.25, -0.2) is 8.78 Å². The van der Waals surface area contributed by atoms with E-state index in [1.165, 1.54) is 12.1 Å². The minimum absolute atomic E-state index is 0.0312. The van der Waals surface area contributed by atoms with Gasteiger partial charge in [-0.15, -0.1) is 0 Å². The molecular formula is C25H29F2N3O4. The van der Waals surface area contributed by atoms with Gasteiger partial charge in [-0.1, -0.05) is 30.3 Å². The van der Waals surface area contributed by atoms with Gasteiger partial charge in [0.1, 0.15) is 11.6 Å². The van der Waals surface area contributed by atoms with E-state index in [1.54, 1.807) is 0 Å². The lowest BCUT2D eigenvalue weighted by molar-refractivity contribution is -0.127. The van der Waals surface area contributed by atoms with Crippen LogP contribution in [0.3, 0.4) is 0 Å². The van der Waals surface area contributed by atoms with Crippen LogP contribution in [0.25, 0.3) is 0 Å². The lowest BCUT2D eigenvalue weighted by Gasteiger charge is -2.29. The molecule has 0 aromatic heterocycles. The number of aliphatic hydroxyl groups is 1. The molecule has 1 unspecified atom stereocenters. The molecule has 2 aliphatic rings. The number of rotatable bonds is 9. The van der Waals surface area contributed by atoms with Gasteiger partial charge in [0.25, 0.3) is 0 Å².